The lowest BCUT2D eigenvalue weighted by Crippen LogP contribution is -2.16. The van der Waals surface area contributed by atoms with E-state index in [1.165, 1.54) is 5.56 Å². The van der Waals surface area contributed by atoms with E-state index in [1.54, 1.807) is 0 Å². The van der Waals surface area contributed by atoms with Crippen molar-refractivity contribution in [1.82, 2.24) is 5.32 Å². The molecule has 1 rings (SSSR count). The highest BCUT2D eigenvalue weighted by Crippen LogP contribution is 2.05. The molecule has 0 aromatic heterocycles. The van der Waals surface area contributed by atoms with Gasteiger partial charge in [0.05, 0.1) is 6.42 Å². The largest absolute Gasteiger partial charge is 0.481 e. The number of aliphatic carboxylic acids is 1. The Morgan fingerprint density at radius 1 is 1.31 bits per heavy atom. The van der Waals surface area contributed by atoms with Crippen LogP contribution in [0.3, 0.4) is 0 Å². The molecule has 1 aromatic rings. The average molecular weight is 239 g/mol. The maximum Gasteiger partial charge on any atom is 0.307 e. The topological polar surface area (TPSA) is 49.3 Å². The van der Waals surface area contributed by atoms with E-state index in [9.17, 15) is 4.79 Å². The smallest absolute Gasteiger partial charge is 0.307 e. The number of hydrogen-bond donors (Lipinski definition) is 2. The van der Waals surface area contributed by atoms with Gasteiger partial charge in [0.25, 0.3) is 0 Å². The Kier molecular flexibility index (Phi) is 5.96. The van der Waals surface area contributed by atoms with Crippen LogP contribution in [0.25, 0.3) is 0 Å². The maximum atomic E-state index is 10.5. The van der Waals surface area contributed by atoms with Gasteiger partial charge in [0.15, 0.2) is 0 Å². The van der Waals surface area contributed by atoms with Crippen LogP contribution in [-0.2, 0) is 17.8 Å². The second kappa shape index (κ2) is 7.30. The van der Waals surface area contributed by atoms with Crippen molar-refractivity contribution in [2.45, 2.75) is 13.0 Å². The standard InChI is InChI=1S/C12H17NO2S/c1-16-7-6-13-9-11-4-2-10(3-5-11)8-12(14)15/h2-5,13H,6-9H2,1H3,(H,14,15). The summed E-state index contributed by atoms with van der Waals surface area (Å²) < 4.78 is 0. The van der Waals surface area contributed by atoms with Gasteiger partial charge in [-0.05, 0) is 17.4 Å². The molecule has 0 unspecified atom stereocenters. The molecule has 0 aliphatic carbocycles. The molecule has 88 valence electrons. The highest BCUT2D eigenvalue weighted by Gasteiger charge is 1.99. The van der Waals surface area contributed by atoms with Crippen LogP contribution in [0.1, 0.15) is 11.1 Å². The summed E-state index contributed by atoms with van der Waals surface area (Å²) >= 11 is 1.82. The second-order valence-corrected chi connectivity index (χ2v) is 4.54. The molecular weight excluding hydrogens is 222 g/mol. The second-order valence-electron chi connectivity index (χ2n) is 3.56. The normalized spacial score (nSPS) is 10.3. The Balaban J connectivity index is 2.36. The van der Waals surface area contributed by atoms with E-state index in [4.69, 9.17) is 5.11 Å². The molecule has 0 aliphatic heterocycles. The molecule has 0 aliphatic rings. The maximum absolute atomic E-state index is 10.5. The van der Waals surface area contributed by atoms with Gasteiger partial charge in [0, 0.05) is 18.8 Å². The van der Waals surface area contributed by atoms with Gasteiger partial charge in [-0.3, -0.25) is 4.79 Å². The summed E-state index contributed by atoms with van der Waals surface area (Å²) in [5, 5.41) is 11.9. The van der Waals surface area contributed by atoms with Crippen LogP contribution in [-0.4, -0.2) is 29.6 Å². The van der Waals surface area contributed by atoms with Crippen molar-refractivity contribution in [2.75, 3.05) is 18.6 Å². The van der Waals surface area contributed by atoms with Gasteiger partial charge < -0.3 is 10.4 Å². The molecule has 0 amide bonds. The van der Waals surface area contributed by atoms with Crippen molar-refractivity contribution in [3.8, 4) is 0 Å². The van der Waals surface area contributed by atoms with E-state index in [0.29, 0.717) is 0 Å². The van der Waals surface area contributed by atoms with Crippen LogP contribution < -0.4 is 5.32 Å². The van der Waals surface area contributed by atoms with Crippen LogP contribution in [0.2, 0.25) is 0 Å². The molecule has 0 fully saturated rings. The van der Waals surface area contributed by atoms with Gasteiger partial charge in [-0.15, -0.1) is 0 Å². The van der Waals surface area contributed by atoms with Crippen LogP contribution >= 0.6 is 11.8 Å². The lowest BCUT2D eigenvalue weighted by molar-refractivity contribution is -0.136. The molecule has 0 bridgehead atoms. The van der Waals surface area contributed by atoms with Crippen molar-refractivity contribution in [1.29, 1.82) is 0 Å². The summed E-state index contributed by atoms with van der Waals surface area (Å²) in [6, 6.07) is 7.70. The molecular formula is C12H17NO2S. The monoisotopic (exact) mass is 239 g/mol. The highest BCUT2D eigenvalue weighted by atomic mass is 32.2. The summed E-state index contributed by atoms with van der Waals surface area (Å²) in [7, 11) is 0. The van der Waals surface area contributed by atoms with Gasteiger partial charge in [0.2, 0.25) is 0 Å². The van der Waals surface area contributed by atoms with Crippen molar-refractivity contribution < 1.29 is 9.90 Å². The third-order valence-corrected chi connectivity index (χ3v) is 2.80. The summed E-state index contributed by atoms with van der Waals surface area (Å²) in [4.78, 5) is 10.5. The number of thioether (sulfide) groups is 1. The highest BCUT2D eigenvalue weighted by molar-refractivity contribution is 7.98. The quantitative estimate of drug-likeness (QED) is 0.712. The van der Waals surface area contributed by atoms with E-state index in [0.717, 1.165) is 24.4 Å². The van der Waals surface area contributed by atoms with E-state index < -0.39 is 5.97 Å². The number of carboxylic acids is 1. The fourth-order valence-electron chi connectivity index (χ4n) is 1.36. The first kappa shape index (κ1) is 13.1. The molecule has 1 aromatic carbocycles. The van der Waals surface area contributed by atoms with Crippen LogP contribution in [0, 0.1) is 0 Å². The van der Waals surface area contributed by atoms with Crippen molar-refractivity contribution in [3.05, 3.63) is 35.4 Å². The number of carbonyl (C=O) groups is 1. The SMILES string of the molecule is CSCCNCc1ccc(CC(=O)O)cc1. The molecule has 0 saturated carbocycles. The molecule has 0 saturated heterocycles. The third-order valence-electron chi connectivity index (χ3n) is 2.19. The summed E-state index contributed by atoms with van der Waals surface area (Å²) in [5.74, 6) is 0.322. The van der Waals surface area contributed by atoms with Crippen LogP contribution in [0.15, 0.2) is 24.3 Å². The predicted molar refractivity (Wildman–Crippen MR) is 67.9 cm³/mol. The number of carboxylic acid groups (broad SMARTS) is 1. The fourth-order valence-corrected chi connectivity index (χ4v) is 1.71. The van der Waals surface area contributed by atoms with E-state index in [1.807, 2.05) is 36.0 Å². The Hall–Kier alpha value is -1.00. The minimum atomic E-state index is -0.786. The lowest BCUT2D eigenvalue weighted by Gasteiger charge is -2.04. The predicted octanol–water partition coefficient (Wildman–Crippen LogP) is 1.77. The molecule has 2 N–H and O–H groups in total. The number of hydrogen-bond acceptors (Lipinski definition) is 3. The molecule has 0 heterocycles. The number of nitrogens with one attached hydrogen (secondary N) is 1. The molecule has 0 atom stereocenters. The summed E-state index contributed by atoms with van der Waals surface area (Å²) in [6.07, 6.45) is 2.18. The zero-order valence-corrected chi connectivity index (χ0v) is 10.2. The summed E-state index contributed by atoms with van der Waals surface area (Å²) in [5.41, 5.74) is 2.04. The van der Waals surface area contributed by atoms with Gasteiger partial charge in [-0.2, -0.15) is 11.8 Å². The Morgan fingerprint density at radius 2 is 1.94 bits per heavy atom. The Morgan fingerprint density at radius 3 is 2.50 bits per heavy atom. The fraction of sp³-hybridized carbons (Fsp3) is 0.417. The van der Waals surface area contributed by atoms with E-state index >= 15 is 0 Å². The molecule has 4 heteroatoms. The zero-order valence-electron chi connectivity index (χ0n) is 9.40. The first-order valence-electron chi connectivity index (χ1n) is 5.21. The van der Waals surface area contributed by atoms with Gasteiger partial charge in [0.1, 0.15) is 0 Å². The molecule has 16 heavy (non-hydrogen) atoms. The number of rotatable bonds is 7. The van der Waals surface area contributed by atoms with Gasteiger partial charge in [-0.1, -0.05) is 24.3 Å². The van der Waals surface area contributed by atoms with Gasteiger partial charge in [-0.25, -0.2) is 0 Å². The molecule has 3 nitrogen and oxygen atoms in total. The van der Waals surface area contributed by atoms with Crippen molar-refractivity contribution in [3.63, 3.8) is 0 Å². The van der Waals surface area contributed by atoms with E-state index in [-0.39, 0.29) is 6.42 Å². The Labute approximate surface area is 100 Å². The molecule has 0 spiro atoms. The zero-order chi connectivity index (χ0) is 11.8. The number of benzene rings is 1. The lowest BCUT2D eigenvalue weighted by atomic mass is 10.1. The molecule has 0 radical (unpaired) electrons. The first-order chi connectivity index (χ1) is 7.72. The van der Waals surface area contributed by atoms with Crippen LogP contribution in [0.5, 0.6) is 0 Å². The average Bonchev–Trinajstić information content (AvgIpc) is 2.26. The minimum absolute atomic E-state index is 0.0974. The van der Waals surface area contributed by atoms with E-state index in [2.05, 4.69) is 11.6 Å². The minimum Gasteiger partial charge on any atom is -0.481 e. The third kappa shape index (κ3) is 5.19. The van der Waals surface area contributed by atoms with Crippen LogP contribution in [0.4, 0.5) is 0 Å². The summed E-state index contributed by atoms with van der Waals surface area (Å²) in [6.45, 7) is 1.84. The Bertz CT molecular complexity index is 324. The van der Waals surface area contributed by atoms with Crippen molar-refractivity contribution in [2.24, 2.45) is 0 Å². The van der Waals surface area contributed by atoms with Gasteiger partial charge >= 0.3 is 5.97 Å². The van der Waals surface area contributed by atoms with Crippen molar-refractivity contribution >= 4 is 17.7 Å². The first-order valence-corrected chi connectivity index (χ1v) is 6.61.